The molecule has 4 aromatic heterocycles. The average molecular weight is 511 g/mol. The van der Waals surface area contributed by atoms with Crippen molar-refractivity contribution in [3.8, 4) is 28.3 Å². The van der Waals surface area contributed by atoms with Crippen LogP contribution in [0.3, 0.4) is 0 Å². The fraction of sp³-hybridized carbons (Fsp3) is 0.286. The molecule has 1 N–H and O–H groups in total. The van der Waals surface area contributed by atoms with E-state index >= 15 is 0 Å². The molecule has 0 unspecified atom stereocenters. The standard InChI is InChI=1S/C28H30N8O2/c1-34-9-10-37-17-23(34)18-38-24-7-8-36-26(15-30-28(36)11-24)25-12-27(32-19-31-25)29-13-20-3-5-21(6-4-20)22-14-33-35(2)16-22/h3-8,11-12,14-16,19,23H,9-10,13,17-18H2,1-2H3,(H,29,31,32)/t23-/m0/s1. The van der Waals surface area contributed by atoms with E-state index in [-0.39, 0.29) is 6.04 Å². The van der Waals surface area contributed by atoms with Gasteiger partial charge in [-0.25, -0.2) is 15.0 Å². The number of pyridine rings is 1. The van der Waals surface area contributed by atoms with Gasteiger partial charge in [0.25, 0.3) is 0 Å². The molecule has 0 amide bonds. The van der Waals surface area contributed by atoms with Crippen LogP contribution in [0.2, 0.25) is 0 Å². The Bertz CT molecular complexity index is 1530. The first-order chi connectivity index (χ1) is 18.6. The number of benzene rings is 1. The molecule has 1 atom stereocenters. The molecule has 5 aromatic rings. The number of nitrogens with one attached hydrogen (secondary N) is 1. The second kappa shape index (κ2) is 10.6. The van der Waals surface area contributed by atoms with Gasteiger partial charge in [-0.2, -0.15) is 5.10 Å². The first-order valence-electron chi connectivity index (χ1n) is 12.6. The number of morpholine rings is 1. The summed E-state index contributed by atoms with van der Waals surface area (Å²) < 4.78 is 15.4. The van der Waals surface area contributed by atoms with Crippen molar-refractivity contribution >= 4 is 11.5 Å². The molecule has 1 aliphatic heterocycles. The lowest BCUT2D eigenvalue weighted by Crippen LogP contribution is -2.46. The van der Waals surface area contributed by atoms with E-state index in [2.05, 4.69) is 61.6 Å². The maximum absolute atomic E-state index is 6.05. The summed E-state index contributed by atoms with van der Waals surface area (Å²) in [6.07, 6.45) is 9.24. The predicted octanol–water partition coefficient (Wildman–Crippen LogP) is 3.51. The van der Waals surface area contributed by atoms with Gasteiger partial charge in [0, 0.05) is 50.2 Å². The van der Waals surface area contributed by atoms with Gasteiger partial charge in [0.2, 0.25) is 0 Å². The van der Waals surface area contributed by atoms with Crippen LogP contribution in [0, 0.1) is 0 Å². The summed E-state index contributed by atoms with van der Waals surface area (Å²) in [6.45, 7) is 3.61. The zero-order chi connectivity index (χ0) is 25.9. The van der Waals surface area contributed by atoms with E-state index < -0.39 is 0 Å². The maximum Gasteiger partial charge on any atom is 0.140 e. The van der Waals surface area contributed by atoms with Crippen molar-refractivity contribution in [3.05, 3.63) is 79.1 Å². The van der Waals surface area contributed by atoms with Gasteiger partial charge in [-0.1, -0.05) is 24.3 Å². The number of aromatic nitrogens is 6. The third kappa shape index (κ3) is 5.22. The van der Waals surface area contributed by atoms with Gasteiger partial charge in [0.05, 0.1) is 43.0 Å². The summed E-state index contributed by atoms with van der Waals surface area (Å²) in [6, 6.07) is 14.5. The minimum absolute atomic E-state index is 0.251. The number of fused-ring (bicyclic) bond motifs is 1. The number of anilines is 1. The van der Waals surface area contributed by atoms with Crippen molar-refractivity contribution in [2.45, 2.75) is 12.6 Å². The highest BCUT2D eigenvalue weighted by atomic mass is 16.5. The van der Waals surface area contributed by atoms with Crippen LogP contribution < -0.4 is 10.1 Å². The fourth-order valence-corrected chi connectivity index (χ4v) is 4.52. The molecule has 0 spiro atoms. The molecule has 194 valence electrons. The molecule has 38 heavy (non-hydrogen) atoms. The number of rotatable bonds is 8. The predicted molar refractivity (Wildman–Crippen MR) is 145 cm³/mol. The van der Waals surface area contributed by atoms with Crippen LogP contribution in [0.5, 0.6) is 5.75 Å². The quantitative estimate of drug-likeness (QED) is 0.339. The first kappa shape index (κ1) is 24.1. The lowest BCUT2D eigenvalue weighted by atomic mass is 10.1. The van der Waals surface area contributed by atoms with Crippen LogP contribution in [0.15, 0.2) is 73.6 Å². The molecular formula is C28H30N8O2. The van der Waals surface area contributed by atoms with E-state index in [0.717, 1.165) is 58.4 Å². The van der Waals surface area contributed by atoms with Gasteiger partial charge in [-0.3, -0.25) is 14.0 Å². The van der Waals surface area contributed by atoms with Gasteiger partial charge < -0.3 is 14.8 Å². The van der Waals surface area contributed by atoms with E-state index in [1.54, 1.807) is 11.0 Å². The van der Waals surface area contributed by atoms with Gasteiger partial charge in [0.15, 0.2) is 0 Å². The zero-order valence-corrected chi connectivity index (χ0v) is 21.5. The first-order valence-corrected chi connectivity index (χ1v) is 12.6. The van der Waals surface area contributed by atoms with Gasteiger partial charge in [-0.15, -0.1) is 0 Å². The van der Waals surface area contributed by atoms with E-state index in [1.165, 1.54) is 0 Å². The maximum atomic E-state index is 6.05. The Hall–Kier alpha value is -4.28. The van der Waals surface area contributed by atoms with Crippen LogP contribution in [0.1, 0.15) is 5.56 Å². The molecule has 1 aromatic carbocycles. The number of nitrogens with zero attached hydrogens (tertiary/aromatic N) is 7. The Morgan fingerprint density at radius 3 is 2.74 bits per heavy atom. The summed E-state index contributed by atoms with van der Waals surface area (Å²) >= 11 is 0. The highest BCUT2D eigenvalue weighted by Gasteiger charge is 2.20. The van der Waals surface area contributed by atoms with E-state index in [9.17, 15) is 0 Å². The van der Waals surface area contributed by atoms with Crippen LogP contribution in [-0.4, -0.2) is 73.5 Å². The van der Waals surface area contributed by atoms with Crippen LogP contribution in [0.25, 0.3) is 28.2 Å². The molecule has 1 aliphatic rings. The van der Waals surface area contributed by atoms with Crippen molar-refractivity contribution in [1.29, 1.82) is 0 Å². The van der Waals surface area contributed by atoms with Gasteiger partial charge >= 0.3 is 0 Å². The largest absolute Gasteiger partial charge is 0.492 e. The smallest absolute Gasteiger partial charge is 0.140 e. The third-order valence-electron chi connectivity index (χ3n) is 6.84. The van der Waals surface area contributed by atoms with Crippen molar-refractivity contribution in [3.63, 3.8) is 0 Å². The molecule has 1 saturated heterocycles. The van der Waals surface area contributed by atoms with Gasteiger partial charge in [-0.05, 0) is 24.2 Å². The third-order valence-corrected chi connectivity index (χ3v) is 6.84. The van der Waals surface area contributed by atoms with Crippen LogP contribution in [-0.2, 0) is 18.3 Å². The molecule has 0 aliphatic carbocycles. The summed E-state index contributed by atoms with van der Waals surface area (Å²) in [5.74, 6) is 1.54. The topological polar surface area (TPSA) is 94.6 Å². The lowest BCUT2D eigenvalue weighted by Gasteiger charge is -2.32. The summed E-state index contributed by atoms with van der Waals surface area (Å²) in [5.41, 5.74) is 5.88. The number of aryl methyl sites for hydroxylation is 1. The molecule has 10 heteroatoms. The Kier molecular flexibility index (Phi) is 6.72. The number of ether oxygens (including phenoxy) is 2. The Labute approximate surface area is 220 Å². The van der Waals surface area contributed by atoms with Crippen molar-refractivity contribution in [2.24, 2.45) is 7.05 Å². The number of likely N-dealkylation sites (N-methyl/N-ethyl adjacent to an activating group) is 1. The molecule has 0 radical (unpaired) electrons. The van der Waals surface area contributed by atoms with E-state index in [4.69, 9.17) is 9.47 Å². The monoisotopic (exact) mass is 510 g/mol. The summed E-state index contributed by atoms with van der Waals surface area (Å²) in [7, 11) is 4.02. The Balaban J connectivity index is 1.11. The molecule has 10 nitrogen and oxygen atoms in total. The average Bonchev–Trinajstić information content (AvgIpc) is 3.58. The number of hydrogen-bond acceptors (Lipinski definition) is 8. The summed E-state index contributed by atoms with van der Waals surface area (Å²) in [5, 5.41) is 7.65. The fourth-order valence-electron chi connectivity index (χ4n) is 4.52. The normalized spacial score (nSPS) is 16.1. The highest BCUT2D eigenvalue weighted by molar-refractivity contribution is 5.64. The van der Waals surface area contributed by atoms with E-state index in [1.807, 2.05) is 54.4 Å². The second-order valence-electron chi connectivity index (χ2n) is 9.50. The molecule has 0 saturated carbocycles. The molecule has 5 heterocycles. The molecular weight excluding hydrogens is 480 g/mol. The SMILES string of the molecule is CN1CCOC[C@H]1COc1ccn2c(-c3cc(NCc4ccc(-c5cnn(C)c5)cc4)ncn3)cnc2c1. The molecule has 1 fully saturated rings. The number of imidazole rings is 1. The van der Waals surface area contributed by atoms with E-state index in [0.29, 0.717) is 19.8 Å². The second-order valence-corrected chi connectivity index (χ2v) is 9.50. The highest BCUT2D eigenvalue weighted by Crippen LogP contribution is 2.24. The lowest BCUT2D eigenvalue weighted by molar-refractivity contribution is -0.0108. The molecule has 6 rings (SSSR count). The zero-order valence-electron chi connectivity index (χ0n) is 21.5. The Morgan fingerprint density at radius 1 is 1.03 bits per heavy atom. The molecule has 0 bridgehead atoms. The van der Waals surface area contributed by atoms with Crippen molar-refractivity contribution < 1.29 is 9.47 Å². The summed E-state index contributed by atoms with van der Waals surface area (Å²) in [4.78, 5) is 15.8. The van der Waals surface area contributed by atoms with Crippen LogP contribution >= 0.6 is 0 Å². The number of hydrogen-bond donors (Lipinski definition) is 1. The minimum atomic E-state index is 0.251. The van der Waals surface area contributed by atoms with Gasteiger partial charge in [0.1, 0.15) is 30.1 Å². The van der Waals surface area contributed by atoms with Crippen molar-refractivity contribution in [1.82, 2.24) is 34.0 Å². The Morgan fingerprint density at radius 2 is 1.92 bits per heavy atom. The minimum Gasteiger partial charge on any atom is -0.492 e. The van der Waals surface area contributed by atoms with Crippen LogP contribution in [0.4, 0.5) is 5.82 Å². The van der Waals surface area contributed by atoms with Crippen molar-refractivity contribution in [2.75, 3.05) is 38.7 Å².